The molecular weight excluding hydrogens is 550 g/mol. The predicted octanol–water partition coefficient (Wildman–Crippen LogP) is 5.17. The first-order valence-corrected chi connectivity index (χ1v) is 14.2. The van der Waals surface area contributed by atoms with Gasteiger partial charge in [0.1, 0.15) is 12.1 Å². The minimum atomic E-state index is -0.528. The zero-order valence-corrected chi connectivity index (χ0v) is 24.2. The molecular formula is C33H33N3O7. The van der Waals surface area contributed by atoms with Gasteiger partial charge < -0.3 is 19.0 Å². The number of hydrogen-bond acceptors (Lipinski definition) is 7. The van der Waals surface area contributed by atoms with Crippen molar-refractivity contribution >= 4 is 28.5 Å². The van der Waals surface area contributed by atoms with Gasteiger partial charge in [-0.2, -0.15) is 0 Å². The molecule has 1 aromatic heterocycles. The number of nitrogens with zero attached hydrogens (tertiary/aromatic N) is 3. The van der Waals surface area contributed by atoms with E-state index in [9.17, 15) is 24.5 Å². The molecule has 222 valence electrons. The summed E-state index contributed by atoms with van der Waals surface area (Å²) in [5.74, 6) is -0.896. The second-order valence-electron chi connectivity index (χ2n) is 10.9. The lowest BCUT2D eigenvalue weighted by Gasteiger charge is -2.29. The number of benzene rings is 3. The Hall–Kier alpha value is -4.83. The van der Waals surface area contributed by atoms with E-state index in [4.69, 9.17) is 9.15 Å². The van der Waals surface area contributed by atoms with Crippen molar-refractivity contribution in [1.29, 1.82) is 0 Å². The van der Waals surface area contributed by atoms with Gasteiger partial charge >= 0.3 is 0 Å². The van der Waals surface area contributed by atoms with Crippen LogP contribution in [0.1, 0.15) is 45.5 Å². The fourth-order valence-corrected chi connectivity index (χ4v) is 5.27. The molecule has 5 rings (SSSR count). The minimum absolute atomic E-state index is 0.0299. The Morgan fingerprint density at radius 1 is 1.00 bits per heavy atom. The van der Waals surface area contributed by atoms with Crippen LogP contribution in [0.15, 0.2) is 82.2 Å². The highest BCUT2D eigenvalue weighted by Gasteiger charge is 2.29. The summed E-state index contributed by atoms with van der Waals surface area (Å²) in [7, 11) is 0. The molecule has 10 heteroatoms. The van der Waals surface area contributed by atoms with Crippen molar-refractivity contribution in [2.75, 3.05) is 19.7 Å². The lowest BCUT2D eigenvalue weighted by Crippen LogP contribution is -2.45. The van der Waals surface area contributed by atoms with E-state index in [2.05, 4.69) is 0 Å². The summed E-state index contributed by atoms with van der Waals surface area (Å²) < 4.78 is 11.5. The molecule has 0 N–H and O–H groups in total. The number of aryl methyl sites for hydroxylation is 2. The topological polar surface area (TPSA) is 123 Å². The molecule has 2 heterocycles. The van der Waals surface area contributed by atoms with Gasteiger partial charge in [0.15, 0.2) is 5.43 Å². The Balaban J connectivity index is 1.46. The third kappa shape index (κ3) is 6.98. The Labute approximate surface area is 248 Å². The molecule has 0 radical (unpaired) electrons. The van der Waals surface area contributed by atoms with Crippen molar-refractivity contribution in [2.45, 2.75) is 45.9 Å². The maximum Gasteiger partial charge on any atom is 0.273 e. The average molecular weight is 584 g/mol. The molecule has 1 unspecified atom stereocenters. The summed E-state index contributed by atoms with van der Waals surface area (Å²) in [6.45, 7) is 4.08. The van der Waals surface area contributed by atoms with Crippen LogP contribution in [0.2, 0.25) is 0 Å². The highest BCUT2D eigenvalue weighted by atomic mass is 16.6. The van der Waals surface area contributed by atoms with Gasteiger partial charge in [0, 0.05) is 36.9 Å². The van der Waals surface area contributed by atoms with Crippen molar-refractivity contribution in [2.24, 2.45) is 0 Å². The first kappa shape index (κ1) is 29.7. The number of hydrogen-bond donors (Lipinski definition) is 0. The monoisotopic (exact) mass is 583 g/mol. The van der Waals surface area contributed by atoms with Crippen LogP contribution in [-0.2, 0) is 22.6 Å². The van der Waals surface area contributed by atoms with Gasteiger partial charge in [-0.15, -0.1) is 0 Å². The van der Waals surface area contributed by atoms with Crippen LogP contribution in [-0.4, -0.2) is 52.3 Å². The van der Waals surface area contributed by atoms with Gasteiger partial charge in [0.05, 0.1) is 34.8 Å². The van der Waals surface area contributed by atoms with E-state index in [0.717, 1.165) is 24.0 Å². The maximum absolute atomic E-state index is 14.0. The van der Waals surface area contributed by atoms with Crippen molar-refractivity contribution in [1.82, 2.24) is 9.80 Å². The zero-order chi connectivity index (χ0) is 30.5. The number of carbonyl (C=O) groups is 2. The molecule has 0 spiro atoms. The van der Waals surface area contributed by atoms with E-state index in [0.29, 0.717) is 28.7 Å². The molecule has 0 saturated carbocycles. The number of carbonyl (C=O) groups excluding carboxylic acids is 2. The fraction of sp³-hybridized carbons (Fsp3) is 0.303. The summed E-state index contributed by atoms with van der Waals surface area (Å²) in [4.78, 5) is 55.1. The number of ether oxygens (including phenoxy) is 1. The maximum atomic E-state index is 14.0. The quantitative estimate of drug-likeness (QED) is 0.186. The first-order chi connectivity index (χ1) is 20.7. The first-order valence-electron chi connectivity index (χ1n) is 14.2. The molecule has 43 heavy (non-hydrogen) atoms. The highest BCUT2D eigenvalue weighted by molar-refractivity contribution is 5.97. The Bertz CT molecular complexity index is 1710. The van der Waals surface area contributed by atoms with Crippen LogP contribution in [0.4, 0.5) is 5.69 Å². The van der Waals surface area contributed by atoms with Crippen LogP contribution in [0.3, 0.4) is 0 Å². The van der Waals surface area contributed by atoms with Crippen molar-refractivity contribution in [3.63, 3.8) is 0 Å². The number of nitro benzene ring substituents is 1. The van der Waals surface area contributed by atoms with Crippen molar-refractivity contribution in [3.05, 3.63) is 121 Å². The van der Waals surface area contributed by atoms with Gasteiger partial charge in [-0.25, -0.2) is 0 Å². The fourth-order valence-electron chi connectivity index (χ4n) is 5.27. The third-order valence-corrected chi connectivity index (χ3v) is 7.64. The molecule has 10 nitrogen and oxygen atoms in total. The summed E-state index contributed by atoms with van der Waals surface area (Å²) >= 11 is 0. The summed E-state index contributed by atoms with van der Waals surface area (Å²) in [5, 5.41) is 12.0. The van der Waals surface area contributed by atoms with E-state index in [1.807, 2.05) is 43.3 Å². The molecule has 2 amide bonds. The molecule has 1 aliphatic heterocycles. The highest BCUT2D eigenvalue weighted by Crippen LogP contribution is 2.22. The van der Waals surface area contributed by atoms with Gasteiger partial charge in [-0.05, 0) is 50.5 Å². The second-order valence-corrected chi connectivity index (χ2v) is 10.9. The number of amides is 2. The lowest BCUT2D eigenvalue weighted by atomic mass is 10.1. The van der Waals surface area contributed by atoms with E-state index in [-0.39, 0.29) is 54.9 Å². The second kappa shape index (κ2) is 13.0. The number of nitro groups is 1. The van der Waals surface area contributed by atoms with E-state index in [1.165, 1.54) is 34.3 Å². The van der Waals surface area contributed by atoms with E-state index < -0.39 is 10.8 Å². The summed E-state index contributed by atoms with van der Waals surface area (Å²) in [6, 6.07) is 19.0. The number of rotatable bonds is 10. The van der Waals surface area contributed by atoms with Crippen LogP contribution in [0.25, 0.3) is 11.0 Å². The summed E-state index contributed by atoms with van der Waals surface area (Å²) in [6.07, 6.45) is 2.70. The zero-order valence-electron chi connectivity index (χ0n) is 24.2. The molecule has 1 saturated heterocycles. The Kier molecular flexibility index (Phi) is 8.96. The average Bonchev–Trinajstić information content (AvgIpc) is 3.51. The normalized spacial score (nSPS) is 14.5. The van der Waals surface area contributed by atoms with Gasteiger partial charge in [0.25, 0.3) is 11.6 Å². The Morgan fingerprint density at radius 3 is 2.51 bits per heavy atom. The van der Waals surface area contributed by atoms with Gasteiger partial charge in [-0.1, -0.05) is 48.0 Å². The largest absolute Gasteiger partial charge is 0.464 e. The van der Waals surface area contributed by atoms with Crippen LogP contribution in [0.5, 0.6) is 0 Å². The molecule has 3 aromatic carbocycles. The molecule has 0 bridgehead atoms. The van der Waals surface area contributed by atoms with Crippen molar-refractivity contribution in [3.8, 4) is 0 Å². The lowest BCUT2D eigenvalue weighted by molar-refractivity contribution is -0.385. The molecule has 4 aromatic rings. The summed E-state index contributed by atoms with van der Waals surface area (Å²) in [5.41, 5.74) is 2.68. The van der Waals surface area contributed by atoms with Crippen molar-refractivity contribution < 1.29 is 23.7 Å². The van der Waals surface area contributed by atoms with Gasteiger partial charge in [0.2, 0.25) is 5.91 Å². The van der Waals surface area contributed by atoms with Gasteiger partial charge in [-0.3, -0.25) is 24.5 Å². The van der Waals surface area contributed by atoms with Crippen LogP contribution in [0, 0.1) is 24.0 Å². The number of fused-ring (bicyclic) bond motifs is 1. The minimum Gasteiger partial charge on any atom is -0.464 e. The van der Waals surface area contributed by atoms with Crippen LogP contribution >= 0.6 is 0 Å². The molecule has 1 atom stereocenters. The SMILES string of the molecule is Cc1ccc2occ(CN(Cc3ccccc3)C(=O)CN(CC3CCCO3)C(=O)c3ccc(C)c([N+](=O)[O-])c3)c(=O)c2c1. The van der Waals surface area contributed by atoms with Crippen LogP contribution < -0.4 is 5.43 Å². The molecule has 0 aliphatic carbocycles. The van der Waals surface area contributed by atoms with E-state index >= 15 is 0 Å². The standard InChI is InChI=1S/C33H33N3O7/c1-22-10-13-30-28(15-22)32(38)26(21-43-30)18-34(17-24-7-4-3-5-8-24)31(37)20-35(19-27-9-6-14-42-27)33(39)25-12-11-23(2)29(16-25)36(40)41/h3-5,7-8,10-13,15-16,21,27H,6,9,14,17-20H2,1-2H3. The predicted molar refractivity (Wildman–Crippen MR) is 161 cm³/mol. The third-order valence-electron chi connectivity index (χ3n) is 7.64. The van der Waals surface area contributed by atoms with E-state index in [1.54, 1.807) is 19.1 Å². The molecule has 1 aliphatic rings. The molecule has 1 fully saturated rings. The smallest absolute Gasteiger partial charge is 0.273 e. The Morgan fingerprint density at radius 2 is 1.79 bits per heavy atom.